The minimum Gasteiger partial charge on any atom is -0.397 e. The molecule has 1 rings (SSSR count). The first-order chi connectivity index (χ1) is 7.45. The Kier molecular flexibility index (Phi) is 3.93. The molecule has 0 saturated heterocycles. The van der Waals surface area contributed by atoms with Gasteiger partial charge in [0.2, 0.25) is 5.91 Å². The van der Waals surface area contributed by atoms with E-state index in [1.165, 1.54) is 0 Å². The van der Waals surface area contributed by atoms with Gasteiger partial charge in [0, 0.05) is 5.92 Å². The van der Waals surface area contributed by atoms with Crippen molar-refractivity contribution in [3.63, 3.8) is 0 Å². The Morgan fingerprint density at radius 3 is 2.50 bits per heavy atom. The van der Waals surface area contributed by atoms with Crippen LogP contribution >= 0.6 is 0 Å². The third kappa shape index (κ3) is 2.75. The summed E-state index contributed by atoms with van der Waals surface area (Å²) in [5.41, 5.74) is 9.48. The Morgan fingerprint density at radius 2 is 1.94 bits per heavy atom. The summed E-state index contributed by atoms with van der Waals surface area (Å²) in [6, 6.07) is 3.81. The standard InChI is InChI=1S/C13H20N2O/c1-5-8(2)13(16)15-12-7-10(4)9(3)6-11(12)14/h6-8H,5,14H2,1-4H3,(H,15,16)/t8-/m0/s1. The van der Waals surface area contributed by atoms with Crippen LogP contribution in [0.15, 0.2) is 12.1 Å². The van der Waals surface area contributed by atoms with Crippen molar-refractivity contribution in [2.24, 2.45) is 5.92 Å². The van der Waals surface area contributed by atoms with Gasteiger partial charge in [0.25, 0.3) is 0 Å². The summed E-state index contributed by atoms with van der Waals surface area (Å²) in [5.74, 6) is 0.0402. The van der Waals surface area contributed by atoms with E-state index >= 15 is 0 Å². The Labute approximate surface area is 97.0 Å². The SMILES string of the molecule is CC[C@H](C)C(=O)Nc1cc(C)c(C)cc1N. The number of rotatable bonds is 3. The van der Waals surface area contributed by atoms with Crippen LogP contribution in [0.25, 0.3) is 0 Å². The minimum atomic E-state index is 0.0148. The molecule has 1 aromatic carbocycles. The quantitative estimate of drug-likeness (QED) is 0.769. The first-order valence-electron chi connectivity index (χ1n) is 5.63. The summed E-state index contributed by atoms with van der Waals surface area (Å²) < 4.78 is 0. The lowest BCUT2D eigenvalue weighted by Crippen LogP contribution is -2.20. The molecule has 0 spiro atoms. The molecular weight excluding hydrogens is 200 g/mol. The molecule has 0 fully saturated rings. The van der Waals surface area contributed by atoms with Gasteiger partial charge in [-0.25, -0.2) is 0 Å². The molecule has 3 nitrogen and oxygen atoms in total. The molecule has 1 amide bonds. The molecule has 0 aromatic heterocycles. The van der Waals surface area contributed by atoms with E-state index in [1.807, 2.05) is 39.8 Å². The number of benzene rings is 1. The van der Waals surface area contributed by atoms with Crippen molar-refractivity contribution < 1.29 is 4.79 Å². The highest BCUT2D eigenvalue weighted by atomic mass is 16.1. The van der Waals surface area contributed by atoms with E-state index in [2.05, 4.69) is 5.32 Å². The molecule has 0 bridgehead atoms. The van der Waals surface area contributed by atoms with Crippen molar-refractivity contribution in [3.8, 4) is 0 Å². The molecule has 1 aromatic rings. The van der Waals surface area contributed by atoms with Crippen LogP contribution in [0.2, 0.25) is 0 Å². The fraction of sp³-hybridized carbons (Fsp3) is 0.462. The van der Waals surface area contributed by atoms with Crippen molar-refractivity contribution in [1.82, 2.24) is 0 Å². The molecule has 0 aliphatic heterocycles. The Hall–Kier alpha value is -1.51. The number of carbonyl (C=O) groups excluding carboxylic acids is 1. The number of hydrogen-bond donors (Lipinski definition) is 2. The maximum atomic E-state index is 11.7. The zero-order chi connectivity index (χ0) is 12.3. The second kappa shape index (κ2) is 5.01. The Balaban J connectivity index is 2.90. The first kappa shape index (κ1) is 12.6. The molecule has 3 N–H and O–H groups in total. The molecule has 0 unspecified atom stereocenters. The number of nitrogens with one attached hydrogen (secondary N) is 1. The average molecular weight is 220 g/mol. The average Bonchev–Trinajstić information content (AvgIpc) is 2.24. The van der Waals surface area contributed by atoms with Crippen LogP contribution in [0, 0.1) is 19.8 Å². The molecule has 0 aliphatic carbocycles. The molecule has 0 saturated carbocycles. The lowest BCUT2D eigenvalue weighted by atomic mass is 10.1. The summed E-state index contributed by atoms with van der Waals surface area (Å²) in [6.07, 6.45) is 0.830. The lowest BCUT2D eigenvalue weighted by Gasteiger charge is -2.13. The van der Waals surface area contributed by atoms with Gasteiger partial charge in [-0.05, 0) is 43.5 Å². The highest BCUT2D eigenvalue weighted by Crippen LogP contribution is 2.23. The van der Waals surface area contributed by atoms with Crippen molar-refractivity contribution in [2.45, 2.75) is 34.1 Å². The van der Waals surface area contributed by atoms with Crippen LogP contribution in [0.1, 0.15) is 31.4 Å². The number of aryl methyl sites for hydroxylation is 2. The van der Waals surface area contributed by atoms with Gasteiger partial charge in [0.05, 0.1) is 11.4 Å². The molecule has 16 heavy (non-hydrogen) atoms. The molecule has 88 valence electrons. The van der Waals surface area contributed by atoms with Gasteiger partial charge < -0.3 is 11.1 Å². The molecular formula is C13H20N2O. The highest BCUT2D eigenvalue weighted by Gasteiger charge is 2.12. The Bertz CT molecular complexity index is 399. The van der Waals surface area contributed by atoms with Crippen LogP contribution in [-0.4, -0.2) is 5.91 Å². The normalized spacial score (nSPS) is 12.2. The largest absolute Gasteiger partial charge is 0.397 e. The van der Waals surface area contributed by atoms with Gasteiger partial charge in [0.15, 0.2) is 0 Å². The molecule has 0 radical (unpaired) electrons. The Morgan fingerprint density at radius 1 is 1.38 bits per heavy atom. The first-order valence-corrected chi connectivity index (χ1v) is 5.63. The number of amides is 1. The zero-order valence-corrected chi connectivity index (χ0v) is 10.4. The summed E-state index contributed by atoms with van der Waals surface area (Å²) in [7, 11) is 0. The predicted octanol–water partition coefficient (Wildman–Crippen LogP) is 2.87. The van der Waals surface area contributed by atoms with E-state index in [1.54, 1.807) is 0 Å². The van der Waals surface area contributed by atoms with Gasteiger partial charge in [0.1, 0.15) is 0 Å². The van der Waals surface area contributed by atoms with Crippen molar-refractivity contribution in [2.75, 3.05) is 11.1 Å². The van der Waals surface area contributed by atoms with Crippen molar-refractivity contribution >= 4 is 17.3 Å². The van der Waals surface area contributed by atoms with Crippen LogP contribution in [0.4, 0.5) is 11.4 Å². The van der Waals surface area contributed by atoms with Gasteiger partial charge in [-0.3, -0.25) is 4.79 Å². The summed E-state index contributed by atoms with van der Waals surface area (Å²) in [5, 5.41) is 2.86. The van der Waals surface area contributed by atoms with E-state index in [-0.39, 0.29) is 11.8 Å². The van der Waals surface area contributed by atoms with E-state index in [0.29, 0.717) is 11.4 Å². The maximum absolute atomic E-state index is 11.7. The number of anilines is 2. The predicted molar refractivity (Wildman–Crippen MR) is 68.4 cm³/mol. The van der Waals surface area contributed by atoms with Crippen molar-refractivity contribution in [3.05, 3.63) is 23.3 Å². The highest BCUT2D eigenvalue weighted by molar-refractivity contribution is 5.95. The summed E-state index contributed by atoms with van der Waals surface area (Å²) in [6.45, 7) is 7.92. The zero-order valence-electron chi connectivity index (χ0n) is 10.4. The molecule has 1 atom stereocenters. The van der Waals surface area contributed by atoms with Gasteiger partial charge in [-0.15, -0.1) is 0 Å². The molecule has 3 heteroatoms. The smallest absolute Gasteiger partial charge is 0.227 e. The molecule has 0 aliphatic rings. The topological polar surface area (TPSA) is 55.1 Å². The second-order valence-corrected chi connectivity index (χ2v) is 4.32. The number of nitrogen functional groups attached to an aromatic ring is 1. The minimum absolute atomic E-state index is 0.0148. The van der Waals surface area contributed by atoms with Crippen LogP contribution in [-0.2, 0) is 4.79 Å². The van der Waals surface area contributed by atoms with Gasteiger partial charge in [-0.1, -0.05) is 13.8 Å². The number of hydrogen-bond acceptors (Lipinski definition) is 2. The van der Waals surface area contributed by atoms with Crippen molar-refractivity contribution in [1.29, 1.82) is 0 Å². The fourth-order valence-corrected chi connectivity index (χ4v) is 1.39. The third-order valence-electron chi connectivity index (χ3n) is 2.98. The monoisotopic (exact) mass is 220 g/mol. The summed E-state index contributed by atoms with van der Waals surface area (Å²) in [4.78, 5) is 11.7. The molecule has 0 heterocycles. The van der Waals surface area contributed by atoms with Gasteiger partial charge in [-0.2, -0.15) is 0 Å². The van der Waals surface area contributed by atoms with Crippen LogP contribution in [0.5, 0.6) is 0 Å². The van der Waals surface area contributed by atoms with Crippen LogP contribution in [0.3, 0.4) is 0 Å². The van der Waals surface area contributed by atoms with E-state index < -0.39 is 0 Å². The van der Waals surface area contributed by atoms with E-state index in [0.717, 1.165) is 17.5 Å². The van der Waals surface area contributed by atoms with Crippen LogP contribution < -0.4 is 11.1 Å². The van der Waals surface area contributed by atoms with E-state index in [9.17, 15) is 4.79 Å². The lowest BCUT2D eigenvalue weighted by molar-refractivity contribution is -0.119. The number of carbonyl (C=O) groups is 1. The fourth-order valence-electron chi connectivity index (χ4n) is 1.39. The summed E-state index contributed by atoms with van der Waals surface area (Å²) >= 11 is 0. The maximum Gasteiger partial charge on any atom is 0.227 e. The third-order valence-corrected chi connectivity index (χ3v) is 2.98. The van der Waals surface area contributed by atoms with Gasteiger partial charge >= 0.3 is 0 Å². The van der Waals surface area contributed by atoms with E-state index in [4.69, 9.17) is 5.73 Å². The number of nitrogens with two attached hydrogens (primary N) is 1. The second-order valence-electron chi connectivity index (χ2n) is 4.32.